The summed E-state index contributed by atoms with van der Waals surface area (Å²) in [5, 5.41) is 2.92. The van der Waals surface area contributed by atoms with Crippen molar-refractivity contribution in [2.75, 3.05) is 10.8 Å². The maximum absolute atomic E-state index is 13.4. The van der Waals surface area contributed by atoms with Gasteiger partial charge < -0.3 is 5.32 Å². The summed E-state index contributed by atoms with van der Waals surface area (Å²) in [6, 6.07) is 10.0. The van der Waals surface area contributed by atoms with Crippen molar-refractivity contribution in [2.24, 2.45) is 11.8 Å². The number of benzene rings is 2. The van der Waals surface area contributed by atoms with Crippen molar-refractivity contribution in [3.05, 3.63) is 59.7 Å². The average molecular weight is 467 g/mol. The van der Waals surface area contributed by atoms with E-state index in [1.807, 2.05) is 0 Å². The molecule has 2 aromatic rings. The molecule has 1 amide bonds. The van der Waals surface area contributed by atoms with Gasteiger partial charge >= 0.3 is 6.18 Å². The molecule has 0 unspecified atom stereocenters. The van der Waals surface area contributed by atoms with Gasteiger partial charge in [0, 0.05) is 6.04 Å². The van der Waals surface area contributed by atoms with E-state index in [1.54, 1.807) is 19.1 Å². The quantitative estimate of drug-likeness (QED) is 0.681. The van der Waals surface area contributed by atoms with Crippen molar-refractivity contribution in [3.63, 3.8) is 0 Å². The molecule has 32 heavy (non-hydrogen) atoms. The zero-order chi connectivity index (χ0) is 23.1. The SMILES string of the molecule is Cc1ccc(S(=O)(=O)N(CC(=O)N[C@@H]2C[C@H]3CC[C@H]2C3)c2cccc(C(F)(F)F)c2)cc1. The Morgan fingerprint density at radius 1 is 1.09 bits per heavy atom. The minimum absolute atomic E-state index is 0.00770. The molecule has 2 fully saturated rings. The normalized spacial score (nSPS) is 22.7. The van der Waals surface area contributed by atoms with Crippen LogP contribution in [-0.4, -0.2) is 26.9 Å². The topological polar surface area (TPSA) is 66.5 Å². The first-order chi connectivity index (χ1) is 15.0. The number of carbonyl (C=O) groups is 1. The van der Waals surface area contributed by atoms with Crippen LogP contribution in [0.3, 0.4) is 0 Å². The first kappa shape index (κ1) is 22.6. The Kier molecular flexibility index (Phi) is 5.96. The molecule has 0 heterocycles. The van der Waals surface area contributed by atoms with Gasteiger partial charge in [0.15, 0.2) is 0 Å². The van der Waals surface area contributed by atoms with Crippen LogP contribution in [0.15, 0.2) is 53.4 Å². The lowest BCUT2D eigenvalue weighted by molar-refractivity contribution is -0.137. The number of nitrogens with zero attached hydrogens (tertiary/aromatic N) is 1. The number of alkyl halides is 3. The van der Waals surface area contributed by atoms with E-state index < -0.39 is 34.2 Å². The van der Waals surface area contributed by atoms with Crippen LogP contribution in [0.4, 0.5) is 18.9 Å². The number of aryl methyl sites for hydroxylation is 1. The molecular weight excluding hydrogens is 441 g/mol. The first-order valence-electron chi connectivity index (χ1n) is 10.6. The van der Waals surface area contributed by atoms with E-state index in [0.29, 0.717) is 11.8 Å². The molecule has 0 aromatic heterocycles. The van der Waals surface area contributed by atoms with E-state index >= 15 is 0 Å². The molecule has 2 bridgehead atoms. The minimum Gasteiger partial charge on any atom is -0.352 e. The minimum atomic E-state index is -4.64. The van der Waals surface area contributed by atoms with Gasteiger partial charge in [-0.1, -0.05) is 30.2 Å². The van der Waals surface area contributed by atoms with E-state index in [4.69, 9.17) is 0 Å². The highest BCUT2D eigenvalue weighted by Crippen LogP contribution is 2.44. The van der Waals surface area contributed by atoms with Crippen LogP contribution in [0, 0.1) is 18.8 Å². The smallest absolute Gasteiger partial charge is 0.352 e. The highest BCUT2D eigenvalue weighted by Gasteiger charge is 2.40. The third kappa shape index (κ3) is 4.62. The monoisotopic (exact) mass is 466 g/mol. The Bertz CT molecular complexity index is 1100. The van der Waals surface area contributed by atoms with Gasteiger partial charge in [-0.15, -0.1) is 0 Å². The summed E-state index contributed by atoms with van der Waals surface area (Å²) in [5.74, 6) is 0.455. The molecule has 0 spiro atoms. The third-order valence-electron chi connectivity index (χ3n) is 6.44. The predicted octanol–water partition coefficient (Wildman–Crippen LogP) is 4.51. The molecule has 4 rings (SSSR count). The molecule has 2 saturated carbocycles. The highest BCUT2D eigenvalue weighted by atomic mass is 32.2. The molecule has 0 saturated heterocycles. The van der Waals surface area contributed by atoms with Crippen molar-refractivity contribution < 1.29 is 26.4 Å². The van der Waals surface area contributed by atoms with Crippen LogP contribution in [0.5, 0.6) is 0 Å². The number of hydrogen-bond donors (Lipinski definition) is 1. The number of rotatable bonds is 6. The fraction of sp³-hybridized carbons (Fsp3) is 0.435. The second-order valence-electron chi connectivity index (χ2n) is 8.72. The standard InChI is InChI=1S/C23H25F3N2O3S/c1-15-5-9-20(10-6-15)32(30,31)28(19-4-2-3-18(13-19)23(24,25)26)14-22(29)27-21-12-16-7-8-17(21)11-16/h2-6,9-10,13,16-17,21H,7-8,11-12,14H2,1H3,(H,27,29)/t16-,17-,21+/m0/s1. The molecule has 5 nitrogen and oxygen atoms in total. The average Bonchev–Trinajstić information content (AvgIpc) is 3.35. The Morgan fingerprint density at radius 2 is 1.81 bits per heavy atom. The van der Waals surface area contributed by atoms with Gasteiger partial charge in [-0.25, -0.2) is 8.42 Å². The number of carbonyl (C=O) groups excluding carboxylic acids is 1. The molecule has 2 aliphatic rings. The number of anilines is 1. The van der Waals surface area contributed by atoms with Crippen LogP contribution < -0.4 is 9.62 Å². The molecule has 9 heteroatoms. The first-order valence-corrected chi connectivity index (χ1v) is 12.0. The zero-order valence-electron chi connectivity index (χ0n) is 17.6. The summed E-state index contributed by atoms with van der Waals surface area (Å²) in [5.41, 5.74) is -0.347. The van der Waals surface area contributed by atoms with Gasteiger partial charge in [-0.05, 0) is 68.4 Å². The maximum Gasteiger partial charge on any atom is 0.416 e. The molecule has 3 atom stereocenters. The number of sulfonamides is 1. The second kappa shape index (κ2) is 8.42. The summed E-state index contributed by atoms with van der Waals surface area (Å²) < 4.78 is 67.3. The fourth-order valence-electron chi connectivity index (χ4n) is 4.79. The molecule has 172 valence electrons. The van der Waals surface area contributed by atoms with Crippen LogP contribution >= 0.6 is 0 Å². The van der Waals surface area contributed by atoms with Gasteiger partial charge in [-0.3, -0.25) is 9.10 Å². The number of hydrogen-bond acceptors (Lipinski definition) is 3. The van der Waals surface area contributed by atoms with Crippen molar-refractivity contribution in [1.82, 2.24) is 5.32 Å². The highest BCUT2D eigenvalue weighted by molar-refractivity contribution is 7.92. The van der Waals surface area contributed by atoms with Crippen LogP contribution in [0.1, 0.15) is 36.8 Å². The predicted molar refractivity (Wildman–Crippen MR) is 115 cm³/mol. The number of halogens is 3. The third-order valence-corrected chi connectivity index (χ3v) is 8.23. The van der Waals surface area contributed by atoms with E-state index in [9.17, 15) is 26.4 Å². The Balaban J connectivity index is 1.65. The van der Waals surface area contributed by atoms with Crippen molar-refractivity contribution in [1.29, 1.82) is 0 Å². The van der Waals surface area contributed by atoms with Gasteiger partial charge in [0.1, 0.15) is 6.54 Å². The maximum atomic E-state index is 13.4. The molecule has 2 aliphatic carbocycles. The van der Waals surface area contributed by atoms with Crippen LogP contribution in [-0.2, 0) is 21.0 Å². The van der Waals surface area contributed by atoms with Gasteiger partial charge in [-0.2, -0.15) is 13.2 Å². The lowest BCUT2D eigenvalue weighted by atomic mass is 9.95. The van der Waals surface area contributed by atoms with E-state index in [2.05, 4.69) is 5.32 Å². The Morgan fingerprint density at radius 3 is 2.41 bits per heavy atom. The summed E-state index contributed by atoms with van der Waals surface area (Å²) in [6.45, 7) is 1.20. The molecular formula is C23H25F3N2O3S. The summed E-state index contributed by atoms with van der Waals surface area (Å²) in [7, 11) is -4.27. The number of amides is 1. The van der Waals surface area contributed by atoms with E-state index in [0.717, 1.165) is 53.8 Å². The van der Waals surface area contributed by atoms with Crippen LogP contribution in [0.2, 0.25) is 0 Å². The van der Waals surface area contributed by atoms with Crippen LogP contribution in [0.25, 0.3) is 0 Å². The zero-order valence-corrected chi connectivity index (χ0v) is 18.4. The van der Waals surface area contributed by atoms with E-state index in [-0.39, 0.29) is 16.6 Å². The molecule has 0 radical (unpaired) electrons. The molecule has 0 aliphatic heterocycles. The largest absolute Gasteiger partial charge is 0.416 e. The summed E-state index contributed by atoms with van der Waals surface area (Å²) in [6.07, 6.45) is -0.529. The Hall–Kier alpha value is -2.55. The molecule has 1 N–H and O–H groups in total. The van der Waals surface area contributed by atoms with Gasteiger partial charge in [0.2, 0.25) is 5.91 Å². The number of fused-ring (bicyclic) bond motifs is 2. The van der Waals surface area contributed by atoms with Crippen molar-refractivity contribution in [2.45, 2.75) is 49.7 Å². The van der Waals surface area contributed by atoms with Crippen molar-refractivity contribution in [3.8, 4) is 0 Å². The summed E-state index contributed by atoms with van der Waals surface area (Å²) in [4.78, 5) is 12.7. The van der Waals surface area contributed by atoms with Gasteiger partial charge in [0.05, 0.1) is 16.1 Å². The number of nitrogens with one attached hydrogen (secondary N) is 1. The van der Waals surface area contributed by atoms with Crippen molar-refractivity contribution >= 4 is 21.6 Å². The summed E-state index contributed by atoms with van der Waals surface area (Å²) >= 11 is 0. The van der Waals surface area contributed by atoms with Gasteiger partial charge in [0.25, 0.3) is 10.0 Å². The Labute approximate surface area is 185 Å². The lowest BCUT2D eigenvalue weighted by Crippen LogP contribution is -2.46. The second-order valence-corrected chi connectivity index (χ2v) is 10.6. The lowest BCUT2D eigenvalue weighted by Gasteiger charge is -2.27. The fourth-order valence-corrected chi connectivity index (χ4v) is 6.21. The van der Waals surface area contributed by atoms with E-state index in [1.165, 1.54) is 18.2 Å². The molecule has 2 aromatic carbocycles.